The Morgan fingerprint density at radius 1 is 0.958 bits per heavy atom. The summed E-state index contributed by atoms with van der Waals surface area (Å²) < 4.78 is 0. The van der Waals surface area contributed by atoms with Gasteiger partial charge in [-0.05, 0) is 17.9 Å². The molecule has 0 saturated carbocycles. The van der Waals surface area contributed by atoms with Crippen LogP contribution in [0.4, 0.5) is 0 Å². The smallest absolute Gasteiger partial charge is 1.00 e. The summed E-state index contributed by atoms with van der Waals surface area (Å²) in [5, 5.41) is 0. The molecule has 0 amide bonds. The van der Waals surface area contributed by atoms with E-state index >= 15 is 0 Å². The van der Waals surface area contributed by atoms with E-state index in [4.69, 9.17) is 0 Å². The first kappa shape index (κ1) is 23.0. The van der Waals surface area contributed by atoms with Gasteiger partial charge in [0.2, 0.25) is 0 Å². The molecule has 24 heavy (non-hydrogen) atoms. The van der Waals surface area contributed by atoms with E-state index in [1.54, 1.807) is 0 Å². The van der Waals surface area contributed by atoms with E-state index in [0.717, 1.165) is 6.42 Å². The van der Waals surface area contributed by atoms with Gasteiger partial charge < -0.3 is 24.8 Å². The number of halogens is 2. The normalized spacial score (nSPS) is 12.8. The molecular weight excluding hydrogens is 414 g/mol. The zero-order valence-electron chi connectivity index (χ0n) is 13.3. The standard InChI is InChI=1S/C16H13.C5H5.2ClH.Zr/c1-2-7-12-13-8-3-5-10-15(13)16-11-6-4-9-14(12)16;1-2-4-5-3-1;;;/h2-6,8,10-12H,1,7H2;1-5H;2*1H;/q2*-1;;;+4/p-2. The number of allylic oxidation sites excluding steroid dienone is 1. The van der Waals surface area contributed by atoms with Crippen molar-refractivity contribution in [1.29, 1.82) is 0 Å². The molecule has 0 radical (unpaired) electrons. The van der Waals surface area contributed by atoms with Crippen molar-refractivity contribution in [2.75, 3.05) is 0 Å². The first-order chi connectivity index (χ1) is 10.4. The quantitative estimate of drug-likeness (QED) is 0.382. The Morgan fingerprint density at radius 3 is 2.25 bits per heavy atom. The van der Waals surface area contributed by atoms with Gasteiger partial charge in [-0.1, -0.05) is 35.9 Å². The molecule has 1 aliphatic rings. The molecular formula is C21H18Cl2Zr. The van der Waals surface area contributed by atoms with Crippen molar-refractivity contribution in [3.05, 3.63) is 103 Å². The molecule has 0 fully saturated rings. The van der Waals surface area contributed by atoms with Gasteiger partial charge in [-0.3, -0.25) is 0 Å². The van der Waals surface area contributed by atoms with Crippen LogP contribution >= 0.6 is 0 Å². The van der Waals surface area contributed by atoms with Crippen LogP contribution in [0, 0.1) is 6.07 Å². The summed E-state index contributed by atoms with van der Waals surface area (Å²) in [4.78, 5) is 0. The molecule has 0 aliphatic heterocycles. The maximum Gasteiger partial charge on any atom is 4.00 e. The van der Waals surface area contributed by atoms with Gasteiger partial charge in [0.1, 0.15) is 0 Å². The molecule has 0 heterocycles. The molecule has 0 bridgehead atoms. The van der Waals surface area contributed by atoms with Crippen LogP contribution in [0.1, 0.15) is 23.5 Å². The second-order valence-electron chi connectivity index (χ2n) is 5.12. The number of hydrogen-bond acceptors (Lipinski definition) is 0. The minimum absolute atomic E-state index is 0. The Morgan fingerprint density at radius 2 is 1.62 bits per heavy atom. The third-order valence-electron chi connectivity index (χ3n) is 3.82. The molecule has 4 rings (SSSR count). The molecule has 3 aromatic carbocycles. The topological polar surface area (TPSA) is 0 Å². The molecule has 0 aromatic heterocycles. The van der Waals surface area contributed by atoms with Crippen molar-refractivity contribution < 1.29 is 51.0 Å². The molecule has 0 saturated heterocycles. The van der Waals surface area contributed by atoms with Gasteiger partial charge in [-0.25, -0.2) is 12.1 Å². The van der Waals surface area contributed by atoms with Crippen molar-refractivity contribution in [1.82, 2.24) is 0 Å². The Kier molecular flexibility index (Phi) is 11.0. The van der Waals surface area contributed by atoms with Crippen LogP contribution in [0.15, 0.2) is 85.5 Å². The van der Waals surface area contributed by atoms with Crippen LogP contribution in [0.5, 0.6) is 0 Å². The van der Waals surface area contributed by atoms with E-state index in [9.17, 15) is 0 Å². The predicted molar refractivity (Wildman–Crippen MR) is 89.4 cm³/mol. The van der Waals surface area contributed by atoms with E-state index in [1.807, 2.05) is 42.5 Å². The van der Waals surface area contributed by atoms with E-state index in [0.29, 0.717) is 5.92 Å². The van der Waals surface area contributed by atoms with Gasteiger partial charge >= 0.3 is 26.2 Å². The summed E-state index contributed by atoms with van der Waals surface area (Å²) in [7, 11) is 0. The minimum atomic E-state index is 0. The van der Waals surface area contributed by atoms with Crippen molar-refractivity contribution in [3.8, 4) is 11.1 Å². The molecule has 3 aromatic rings. The summed E-state index contributed by atoms with van der Waals surface area (Å²) in [5.74, 6) is 0.449. The van der Waals surface area contributed by atoms with E-state index in [-0.39, 0.29) is 51.0 Å². The fraction of sp³-hybridized carbons (Fsp3) is 0.0952. The third-order valence-corrected chi connectivity index (χ3v) is 3.82. The minimum Gasteiger partial charge on any atom is -1.00 e. The molecule has 1 unspecified atom stereocenters. The van der Waals surface area contributed by atoms with Gasteiger partial charge in [0.05, 0.1) is 0 Å². The summed E-state index contributed by atoms with van der Waals surface area (Å²) in [6.45, 7) is 3.86. The Balaban J connectivity index is 0.000000578. The van der Waals surface area contributed by atoms with Gasteiger partial charge in [-0.15, -0.1) is 17.7 Å². The van der Waals surface area contributed by atoms with E-state index < -0.39 is 0 Å². The van der Waals surface area contributed by atoms with Crippen LogP contribution in [-0.4, -0.2) is 0 Å². The average molecular weight is 433 g/mol. The number of benzene rings is 2. The van der Waals surface area contributed by atoms with Crippen LogP contribution in [0.25, 0.3) is 11.1 Å². The zero-order valence-corrected chi connectivity index (χ0v) is 17.2. The summed E-state index contributed by atoms with van der Waals surface area (Å²) in [5.41, 5.74) is 5.44. The van der Waals surface area contributed by atoms with E-state index in [2.05, 4.69) is 49.0 Å². The number of rotatable bonds is 2. The van der Waals surface area contributed by atoms with E-state index in [1.165, 1.54) is 22.3 Å². The second-order valence-corrected chi connectivity index (χ2v) is 5.12. The molecule has 0 nitrogen and oxygen atoms in total. The average Bonchev–Trinajstić information content (AvgIpc) is 3.20. The third kappa shape index (κ3) is 4.99. The summed E-state index contributed by atoms with van der Waals surface area (Å²) in [6.07, 6.45) is 2.99. The predicted octanol–water partition coefficient (Wildman–Crippen LogP) is -0.414. The van der Waals surface area contributed by atoms with Gasteiger partial charge in [0.15, 0.2) is 0 Å². The van der Waals surface area contributed by atoms with Crippen LogP contribution in [-0.2, 0) is 26.2 Å². The van der Waals surface area contributed by atoms with Gasteiger partial charge in [-0.2, -0.15) is 42.5 Å². The maximum atomic E-state index is 3.86. The van der Waals surface area contributed by atoms with Crippen molar-refractivity contribution in [2.24, 2.45) is 0 Å². The first-order valence-electron chi connectivity index (χ1n) is 7.29. The molecule has 3 heteroatoms. The maximum absolute atomic E-state index is 3.86. The monoisotopic (exact) mass is 430 g/mol. The van der Waals surface area contributed by atoms with Gasteiger partial charge in [0.25, 0.3) is 0 Å². The molecule has 0 N–H and O–H groups in total. The van der Waals surface area contributed by atoms with Crippen molar-refractivity contribution >= 4 is 0 Å². The largest absolute Gasteiger partial charge is 4.00 e. The Bertz CT molecular complexity index is 657. The SMILES string of the molecule is C=CCC1c2[c-]cccc2-c2ccccc21.[Cl-].[Cl-].[Zr+4].c1cc[cH-]c1. The van der Waals surface area contributed by atoms with Crippen molar-refractivity contribution in [2.45, 2.75) is 12.3 Å². The van der Waals surface area contributed by atoms with Crippen LogP contribution in [0.2, 0.25) is 0 Å². The number of hydrogen-bond donors (Lipinski definition) is 0. The number of fused-ring (bicyclic) bond motifs is 3. The molecule has 1 atom stereocenters. The molecule has 0 spiro atoms. The Labute approximate surface area is 176 Å². The summed E-state index contributed by atoms with van der Waals surface area (Å²) in [6, 6.07) is 28.3. The summed E-state index contributed by atoms with van der Waals surface area (Å²) >= 11 is 0. The van der Waals surface area contributed by atoms with Crippen LogP contribution < -0.4 is 24.8 Å². The van der Waals surface area contributed by atoms with Crippen LogP contribution in [0.3, 0.4) is 0 Å². The first-order valence-corrected chi connectivity index (χ1v) is 7.29. The van der Waals surface area contributed by atoms with Gasteiger partial charge in [0, 0.05) is 0 Å². The fourth-order valence-electron chi connectivity index (χ4n) is 2.91. The molecule has 1 aliphatic carbocycles. The second kappa shape index (κ2) is 11.5. The zero-order chi connectivity index (χ0) is 14.5. The van der Waals surface area contributed by atoms with Crippen molar-refractivity contribution in [3.63, 3.8) is 0 Å². The molecule has 120 valence electrons. The Hall–Kier alpha value is -1.01. The fourth-order valence-corrected chi connectivity index (χ4v) is 2.91.